The van der Waals surface area contributed by atoms with E-state index in [9.17, 15) is 9.59 Å². The molecule has 2 heterocycles. The first-order valence-corrected chi connectivity index (χ1v) is 9.19. The zero-order chi connectivity index (χ0) is 19.9. The lowest BCUT2D eigenvalue weighted by Crippen LogP contribution is -2.50. The second-order valence-electron chi connectivity index (χ2n) is 6.26. The average Bonchev–Trinajstić information content (AvgIpc) is 2.74. The quantitative estimate of drug-likeness (QED) is 0.853. The highest BCUT2D eigenvalue weighted by molar-refractivity contribution is 5.95. The summed E-state index contributed by atoms with van der Waals surface area (Å²) < 4.78 is 10.2. The number of aromatic nitrogens is 1. The molecular formula is C20H24N4O4. The summed E-state index contributed by atoms with van der Waals surface area (Å²) in [6, 6.07) is 10.9. The standard InChI is InChI=1S/C20H24N4O4/c1-3-28-20(26)24-11-9-23(10-12-24)19(25)15-7-8-21-18(13-15)22-16-5-4-6-17(14-16)27-2/h4-8,13-14H,3,9-12H2,1-2H3,(H,21,22). The fraction of sp³-hybridized carbons (Fsp3) is 0.350. The largest absolute Gasteiger partial charge is 0.497 e. The van der Waals surface area contributed by atoms with E-state index in [1.165, 1.54) is 0 Å². The van der Waals surface area contributed by atoms with Crippen LogP contribution < -0.4 is 10.1 Å². The minimum absolute atomic E-state index is 0.0837. The second kappa shape index (κ2) is 9.07. The molecule has 0 saturated carbocycles. The van der Waals surface area contributed by atoms with Crippen molar-refractivity contribution in [3.05, 3.63) is 48.2 Å². The Hall–Kier alpha value is -3.29. The maximum Gasteiger partial charge on any atom is 0.409 e. The first kappa shape index (κ1) is 19.5. The molecular weight excluding hydrogens is 360 g/mol. The molecule has 0 spiro atoms. The van der Waals surface area contributed by atoms with Gasteiger partial charge in [-0.3, -0.25) is 4.79 Å². The van der Waals surface area contributed by atoms with Crippen LogP contribution >= 0.6 is 0 Å². The summed E-state index contributed by atoms with van der Waals surface area (Å²) in [6.07, 6.45) is 1.27. The minimum Gasteiger partial charge on any atom is -0.497 e. The monoisotopic (exact) mass is 384 g/mol. The van der Waals surface area contributed by atoms with Gasteiger partial charge in [0.25, 0.3) is 5.91 Å². The van der Waals surface area contributed by atoms with Gasteiger partial charge in [-0.15, -0.1) is 0 Å². The molecule has 2 amide bonds. The summed E-state index contributed by atoms with van der Waals surface area (Å²) in [4.78, 5) is 32.2. The second-order valence-corrected chi connectivity index (χ2v) is 6.26. The van der Waals surface area contributed by atoms with E-state index in [2.05, 4.69) is 10.3 Å². The Morgan fingerprint density at radius 3 is 2.57 bits per heavy atom. The number of nitrogens with zero attached hydrogens (tertiary/aromatic N) is 3. The normalized spacial score (nSPS) is 13.8. The molecule has 0 aliphatic carbocycles. The van der Waals surface area contributed by atoms with Crippen molar-refractivity contribution < 1.29 is 19.1 Å². The fourth-order valence-corrected chi connectivity index (χ4v) is 2.97. The third kappa shape index (κ3) is 4.70. The van der Waals surface area contributed by atoms with Crippen LogP contribution in [0.15, 0.2) is 42.6 Å². The maximum atomic E-state index is 12.8. The van der Waals surface area contributed by atoms with Gasteiger partial charge in [0.15, 0.2) is 0 Å². The number of hydrogen-bond donors (Lipinski definition) is 1. The molecule has 1 N–H and O–H groups in total. The van der Waals surface area contributed by atoms with E-state index in [1.807, 2.05) is 24.3 Å². The Morgan fingerprint density at radius 2 is 1.86 bits per heavy atom. The first-order chi connectivity index (χ1) is 13.6. The zero-order valence-electron chi connectivity index (χ0n) is 16.1. The molecule has 1 saturated heterocycles. The molecule has 0 unspecified atom stereocenters. The van der Waals surface area contributed by atoms with Crippen molar-refractivity contribution in [1.29, 1.82) is 0 Å². The van der Waals surface area contributed by atoms with Crippen LogP contribution in [0.25, 0.3) is 0 Å². The minimum atomic E-state index is -0.330. The lowest BCUT2D eigenvalue weighted by atomic mass is 10.2. The number of ether oxygens (including phenoxy) is 2. The number of amides is 2. The van der Waals surface area contributed by atoms with E-state index >= 15 is 0 Å². The van der Waals surface area contributed by atoms with Crippen LogP contribution in [0.2, 0.25) is 0 Å². The van der Waals surface area contributed by atoms with Crippen molar-refractivity contribution in [2.75, 3.05) is 45.2 Å². The van der Waals surface area contributed by atoms with Gasteiger partial charge in [-0.2, -0.15) is 0 Å². The predicted octanol–water partition coefficient (Wildman–Crippen LogP) is 2.75. The Labute approximate surface area is 164 Å². The molecule has 1 fully saturated rings. The summed E-state index contributed by atoms with van der Waals surface area (Å²) in [5.41, 5.74) is 1.37. The number of carbonyl (C=O) groups is 2. The molecule has 2 aromatic rings. The van der Waals surface area contributed by atoms with Crippen LogP contribution in [0.5, 0.6) is 5.75 Å². The molecule has 0 bridgehead atoms. The number of methoxy groups -OCH3 is 1. The van der Waals surface area contributed by atoms with Gasteiger partial charge in [0, 0.05) is 49.7 Å². The third-order valence-electron chi connectivity index (χ3n) is 4.44. The lowest BCUT2D eigenvalue weighted by molar-refractivity contribution is 0.0570. The average molecular weight is 384 g/mol. The number of rotatable bonds is 5. The van der Waals surface area contributed by atoms with E-state index < -0.39 is 0 Å². The highest BCUT2D eigenvalue weighted by Gasteiger charge is 2.25. The summed E-state index contributed by atoms with van der Waals surface area (Å²) in [5.74, 6) is 1.22. The van der Waals surface area contributed by atoms with Gasteiger partial charge in [-0.1, -0.05) is 6.07 Å². The summed E-state index contributed by atoms with van der Waals surface area (Å²) in [5, 5.41) is 3.18. The van der Waals surface area contributed by atoms with Gasteiger partial charge in [0.1, 0.15) is 11.6 Å². The van der Waals surface area contributed by atoms with Crippen LogP contribution in [0, 0.1) is 0 Å². The van der Waals surface area contributed by atoms with E-state index in [4.69, 9.17) is 9.47 Å². The number of carbonyl (C=O) groups excluding carboxylic acids is 2. The summed E-state index contributed by atoms with van der Waals surface area (Å²) in [6.45, 7) is 3.99. The van der Waals surface area contributed by atoms with Gasteiger partial charge < -0.3 is 24.6 Å². The smallest absolute Gasteiger partial charge is 0.409 e. The molecule has 1 aromatic carbocycles. The molecule has 1 aromatic heterocycles. The van der Waals surface area contributed by atoms with E-state index in [-0.39, 0.29) is 12.0 Å². The van der Waals surface area contributed by atoms with Crippen LogP contribution in [-0.4, -0.2) is 66.7 Å². The molecule has 28 heavy (non-hydrogen) atoms. The number of nitrogens with one attached hydrogen (secondary N) is 1. The highest BCUT2D eigenvalue weighted by atomic mass is 16.6. The van der Waals surface area contributed by atoms with Crippen LogP contribution in [0.4, 0.5) is 16.3 Å². The Morgan fingerprint density at radius 1 is 1.11 bits per heavy atom. The highest BCUT2D eigenvalue weighted by Crippen LogP contribution is 2.21. The number of hydrogen-bond acceptors (Lipinski definition) is 6. The maximum absolute atomic E-state index is 12.8. The lowest BCUT2D eigenvalue weighted by Gasteiger charge is -2.34. The molecule has 148 valence electrons. The Kier molecular flexibility index (Phi) is 6.31. The van der Waals surface area contributed by atoms with Crippen molar-refractivity contribution >= 4 is 23.5 Å². The van der Waals surface area contributed by atoms with Gasteiger partial charge >= 0.3 is 6.09 Å². The van der Waals surface area contributed by atoms with Crippen molar-refractivity contribution in [2.24, 2.45) is 0 Å². The Bertz CT molecular complexity index is 834. The third-order valence-corrected chi connectivity index (χ3v) is 4.44. The van der Waals surface area contributed by atoms with E-state index in [1.54, 1.807) is 42.2 Å². The zero-order valence-corrected chi connectivity index (χ0v) is 16.1. The Balaban J connectivity index is 1.63. The van der Waals surface area contributed by atoms with Crippen molar-refractivity contribution in [2.45, 2.75) is 6.92 Å². The van der Waals surface area contributed by atoms with Crippen molar-refractivity contribution in [3.8, 4) is 5.75 Å². The molecule has 3 rings (SSSR count). The molecule has 1 aliphatic heterocycles. The molecule has 1 aliphatic rings. The van der Waals surface area contributed by atoms with Gasteiger partial charge in [0.2, 0.25) is 0 Å². The SMILES string of the molecule is CCOC(=O)N1CCN(C(=O)c2ccnc(Nc3cccc(OC)c3)c2)CC1. The number of pyridine rings is 1. The van der Waals surface area contributed by atoms with Gasteiger partial charge in [-0.05, 0) is 31.2 Å². The molecule has 0 radical (unpaired) electrons. The fourth-order valence-electron chi connectivity index (χ4n) is 2.97. The van der Waals surface area contributed by atoms with E-state index in [0.717, 1.165) is 11.4 Å². The van der Waals surface area contributed by atoms with Crippen molar-refractivity contribution in [3.63, 3.8) is 0 Å². The van der Waals surface area contributed by atoms with Crippen LogP contribution in [-0.2, 0) is 4.74 Å². The summed E-state index contributed by atoms with van der Waals surface area (Å²) in [7, 11) is 1.61. The number of piperazine rings is 1. The molecule has 8 nitrogen and oxygen atoms in total. The summed E-state index contributed by atoms with van der Waals surface area (Å²) >= 11 is 0. The van der Waals surface area contributed by atoms with Gasteiger partial charge in [0.05, 0.1) is 13.7 Å². The topological polar surface area (TPSA) is 84.0 Å². The number of benzene rings is 1. The van der Waals surface area contributed by atoms with E-state index in [0.29, 0.717) is 44.2 Å². The molecule has 0 atom stereocenters. The predicted molar refractivity (Wildman–Crippen MR) is 105 cm³/mol. The first-order valence-electron chi connectivity index (χ1n) is 9.19. The number of anilines is 2. The van der Waals surface area contributed by atoms with Crippen LogP contribution in [0.1, 0.15) is 17.3 Å². The van der Waals surface area contributed by atoms with Gasteiger partial charge in [-0.25, -0.2) is 9.78 Å². The molecule has 8 heteroatoms. The van der Waals surface area contributed by atoms with Crippen LogP contribution in [0.3, 0.4) is 0 Å². The van der Waals surface area contributed by atoms with Crippen molar-refractivity contribution in [1.82, 2.24) is 14.8 Å².